The van der Waals surface area contributed by atoms with Gasteiger partial charge in [0.25, 0.3) is 12.3 Å². The quantitative estimate of drug-likeness (QED) is 0.536. The molecule has 36 heavy (non-hydrogen) atoms. The van der Waals surface area contributed by atoms with Gasteiger partial charge in [0.1, 0.15) is 24.1 Å². The highest BCUT2D eigenvalue weighted by molar-refractivity contribution is 8.13. The molecule has 7 nitrogen and oxygen atoms in total. The summed E-state index contributed by atoms with van der Waals surface area (Å²) in [6.45, 7) is 0.495. The SMILES string of the molecule is N#Cc1cccnc1OCC1CCCCN1C1(C(F)F)N=CSC1CCc1cccc(F)c1C(N)=O. The Labute approximate surface area is 211 Å². The van der Waals surface area contributed by atoms with Crippen molar-refractivity contribution in [3.05, 3.63) is 59.0 Å². The van der Waals surface area contributed by atoms with E-state index in [-0.39, 0.29) is 42.5 Å². The van der Waals surface area contributed by atoms with Crippen LogP contribution in [0.4, 0.5) is 13.2 Å². The number of pyridine rings is 1. The van der Waals surface area contributed by atoms with Gasteiger partial charge in [0, 0.05) is 18.8 Å². The van der Waals surface area contributed by atoms with E-state index in [1.54, 1.807) is 23.1 Å². The molecular weight excluding hydrogens is 491 g/mol. The van der Waals surface area contributed by atoms with Crippen LogP contribution in [-0.2, 0) is 6.42 Å². The van der Waals surface area contributed by atoms with E-state index < -0.39 is 29.1 Å². The molecule has 4 rings (SSSR count). The largest absolute Gasteiger partial charge is 0.475 e. The highest BCUT2D eigenvalue weighted by atomic mass is 32.2. The van der Waals surface area contributed by atoms with Crippen LogP contribution in [-0.4, -0.2) is 57.9 Å². The van der Waals surface area contributed by atoms with Crippen molar-refractivity contribution < 1.29 is 22.7 Å². The van der Waals surface area contributed by atoms with Crippen LogP contribution in [0.2, 0.25) is 0 Å². The fourth-order valence-corrected chi connectivity index (χ4v) is 6.11. The number of hydrogen-bond acceptors (Lipinski definition) is 7. The van der Waals surface area contributed by atoms with Gasteiger partial charge in [-0.05, 0) is 49.4 Å². The van der Waals surface area contributed by atoms with Crippen molar-refractivity contribution in [2.75, 3.05) is 13.2 Å². The van der Waals surface area contributed by atoms with Crippen LogP contribution in [0.5, 0.6) is 5.88 Å². The van der Waals surface area contributed by atoms with E-state index >= 15 is 0 Å². The Bertz CT molecular complexity index is 1170. The number of carbonyl (C=O) groups excluding carboxylic acids is 1. The number of aliphatic imine (C=N–C) groups is 1. The van der Waals surface area contributed by atoms with Crippen molar-refractivity contribution in [2.45, 2.75) is 55.5 Å². The van der Waals surface area contributed by atoms with E-state index in [1.165, 1.54) is 29.6 Å². The molecule has 1 aromatic carbocycles. The lowest BCUT2D eigenvalue weighted by Crippen LogP contribution is -2.63. The Morgan fingerprint density at radius 3 is 2.92 bits per heavy atom. The first-order valence-corrected chi connectivity index (χ1v) is 12.6. The lowest BCUT2D eigenvalue weighted by atomic mass is 9.91. The van der Waals surface area contributed by atoms with Crippen LogP contribution in [0.1, 0.15) is 47.2 Å². The molecule has 1 amide bonds. The standard InChI is InChI=1S/C25H26F3N5O2S/c26-19-8-3-5-16(21(19)22(30)34)9-10-20-25(24(27)28,32-15-36-20)33-12-2-1-7-18(33)14-35-23-17(13-29)6-4-11-31-23/h3-6,8,11,15,18,20,24H,1-2,7,9-10,12,14H2,(H2,30,34). The molecule has 0 bridgehead atoms. The molecule has 0 spiro atoms. The zero-order chi connectivity index (χ0) is 25.7. The highest BCUT2D eigenvalue weighted by Crippen LogP contribution is 2.45. The van der Waals surface area contributed by atoms with Gasteiger partial charge in [-0.1, -0.05) is 18.6 Å². The number of aryl methyl sites for hydroxylation is 1. The number of piperidine rings is 1. The Kier molecular flexibility index (Phi) is 8.16. The average molecular weight is 518 g/mol. The smallest absolute Gasteiger partial charge is 0.277 e. The predicted molar refractivity (Wildman–Crippen MR) is 131 cm³/mol. The number of rotatable bonds is 9. The van der Waals surface area contributed by atoms with Gasteiger partial charge in [-0.15, -0.1) is 11.8 Å². The monoisotopic (exact) mass is 517 g/mol. The van der Waals surface area contributed by atoms with Crippen molar-refractivity contribution in [3.63, 3.8) is 0 Å². The van der Waals surface area contributed by atoms with Gasteiger partial charge in [-0.25, -0.2) is 18.2 Å². The molecular formula is C25H26F3N5O2S. The molecule has 3 atom stereocenters. The lowest BCUT2D eigenvalue weighted by Gasteiger charge is -2.48. The minimum atomic E-state index is -2.79. The number of nitrogens with zero attached hydrogens (tertiary/aromatic N) is 4. The number of carbonyl (C=O) groups is 1. The number of hydrogen-bond donors (Lipinski definition) is 1. The van der Waals surface area contributed by atoms with Crippen molar-refractivity contribution in [3.8, 4) is 11.9 Å². The van der Waals surface area contributed by atoms with Crippen LogP contribution in [0.15, 0.2) is 41.5 Å². The highest BCUT2D eigenvalue weighted by Gasteiger charge is 2.56. The first-order chi connectivity index (χ1) is 17.4. The number of likely N-dealkylation sites (tertiary alicyclic amines) is 1. The summed E-state index contributed by atoms with van der Waals surface area (Å²) < 4.78 is 49.8. The molecule has 190 valence electrons. The van der Waals surface area contributed by atoms with Crippen molar-refractivity contribution in [2.24, 2.45) is 10.7 Å². The molecule has 2 N–H and O–H groups in total. The Balaban J connectivity index is 1.56. The number of benzene rings is 1. The number of alkyl halides is 2. The van der Waals surface area contributed by atoms with Gasteiger partial charge < -0.3 is 10.5 Å². The summed E-state index contributed by atoms with van der Waals surface area (Å²) in [6.07, 6.45) is 1.37. The second-order valence-electron chi connectivity index (χ2n) is 8.74. The molecule has 11 heteroatoms. The van der Waals surface area contributed by atoms with Crippen molar-refractivity contribution >= 4 is 23.2 Å². The molecule has 2 aromatic rings. The third-order valence-electron chi connectivity index (χ3n) is 6.69. The van der Waals surface area contributed by atoms with Crippen LogP contribution >= 0.6 is 11.8 Å². The molecule has 0 aliphatic carbocycles. The topological polar surface area (TPSA) is 105 Å². The average Bonchev–Trinajstić information content (AvgIpc) is 3.31. The zero-order valence-electron chi connectivity index (χ0n) is 19.4. The Morgan fingerprint density at radius 2 is 2.17 bits per heavy atom. The van der Waals surface area contributed by atoms with Crippen LogP contribution in [0.3, 0.4) is 0 Å². The van der Waals surface area contributed by atoms with E-state index in [2.05, 4.69) is 9.98 Å². The normalized spacial score (nSPS) is 24.1. The molecule has 0 saturated carbocycles. The maximum Gasteiger partial charge on any atom is 0.277 e. The fraction of sp³-hybridized carbons (Fsp3) is 0.440. The first-order valence-electron chi connectivity index (χ1n) is 11.7. The first kappa shape index (κ1) is 26.0. The number of primary amides is 1. The van der Waals surface area contributed by atoms with Gasteiger partial charge in [0.05, 0.1) is 16.4 Å². The zero-order valence-corrected chi connectivity index (χ0v) is 20.3. The fourth-order valence-electron chi connectivity index (χ4n) is 4.98. The van der Waals surface area contributed by atoms with E-state index in [0.29, 0.717) is 18.5 Å². The molecule has 3 heterocycles. The van der Waals surface area contributed by atoms with Gasteiger partial charge in [-0.2, -0.15) is 5.26 Å². The van der Waals surface area contributed by atoms with Gasteiger partial charge in [0.2, 0.25) is 5.88 Å². The van der Waals surface area contributed by atoms with E-state index in [4.69, 9.17) is 10.5 Å². The van der Waals surface area contributed by atoms with E-state index in [1.807, 2.05) is 6.07 Å². The molecule has 1 saturated heterocycles. The van der Waals surface area contributed by atoms with E-state index in [0.717, 1.165) is 18.9 Å². The molecule has 3 unspecified atom stereocenters. The Morgan fingerprint density at radius 1 is 1.33 bits per heavy atom. The minimum absolute atomic E-state index is 0.0861. The summed E-state index contributed by atoms with van der Waals surface area (Å²) >= 11 is 1.21. The molecule has 2 aliphatic rings. The maximum atomic E-state index is 14.9. The number of ether oxygens (including phenoxy) is 1. The van der Waals surface area contributed by atoms with Crippen LogP contribution in [0.25, 0.3) is 0 Å². The molecule has 1 fully saturated rings. The maximum absolute atomic E-state index is 14.9. The van der Waals surface area contributed by atoms with Gasteiger partial charge >= 0.3 is 0 Å². The molecule has 2 aliphatic heterocycles. The lowest BCUT2D eigenvalue weighted by molar-refractivity contribution is -0.0883. The van der Waals surface area contributed by atoms with E-state index in [9.17, 15) is 23.2 Å². The minimum Gasteiger partial charge on any atom is -0.475 e. The van der Waals surface area contributed by atoms with Gasteiger partial charge in [-0.3, -0.25) is 14.7 Å². The number of aromatic nitrogens is 1. The number of amides is 1. The van der Waals surface area contributed by atoms with Crippen molar-refractivity contribution in [1.82, 2.24) is 9.88 Å². The summed E-state index contributed by atoms with van der Waals surface area (Å²) in [5.74, 6) is -1.45. The number of thioether (sulfide) groups is 1. The second-order valence-corrected chi connectivity index (χ2v) is 9.79. The van der Waals surface area contributed by atoms with Crippen molar-refractivity contribution in [1.29, 1.82) is 5.26 Å². The summed E-state index contributed by atoms with van der Waals surface area (Å²) in [4.78, 5) is 21.9. The van der Waals surface area contributed by atoms with Crippen LogP contribution < -0.4 is 10.5 Å². The molecule has 1 aromatic heterocycles. The Hall–Kier alpha value is -3.10. The number of halogens is 3. The number of nitrogens with two attached hydrogens (primary N) is 1. The third-order valence-corrected chi connectivity index (χ3v) is 7.83. The number of nitriles is 1. The van der Waals surface area contributed by atoms with Crippen LogP contribution in [0, 0.1) is 17.1 Å². The summed E-state index contributed by atoms with van der Waals surface area (Å²) in [5.41, 5.74) is 5.47. The summed E-state index contributed by atoms with van der Waals surface area (Å²) in [5, 5.41) is 8.67. The van der Waals surface area contributed by atoms with Gasteiger partial charge in [0.15, 0.2) is 5.66 Å². The summed E-state index contributed by atoms with van der Waals surface area (Å²) in [7, 11) is 0. The second kappa shape index (κ2) is 11.3. The summed E-state index contributed by atoms with van der Waals surface area (Å²) in [6, 6.07) is 9.08. The predicted octanol–water partition coefficient (Wildman–Crippen LogP) is 4.16. The third kappa shape index (κ3) is 5.06. The molecule has 0 radical (unpaired) electrons.